The third-order valence-electron chi connectivity index (χ3n) is 3.83. The summed E-state index contributed by atoms with van der Waals surface area (Å²) in [5.74, 6) is 0.949. The summed E-state index contributed by atoms with van der Waals surface area (Å²) in [5, 5.41) is 4.33. The smallest absolute Gasteiger partial charge is 0.291 e. The molecule has 5 nitrogen and oxygen atoms in total. The van der Waals surface area contributed by atoms with Gasteiger partial charge in [-0.25, -0.2) is 4.39 Å². The number of hydrogen-bond donors (Lipinski definition) is 0. The molecule has 27 heavy (non-hydrogen) atoms. The molecule has 2 aromatic carbocycles. The van der Waals surface area contributed by atoms with Gasteiger partial charge in [0.05, 0.1) is 10.6 Å². The number of nitrogens with zero attached hydrogens (tertiary/aromatic N) is 3. The van der Waals surface area contributed by atoms with Crippen molar-refractivity contribution in [2.45, 2.75) is 20.0 Å². The van der Waals surface area contributed by atoms with E-state index in [-0.39, 0.29) is 17.5 Å². The van der Waals surface area contributed by atoms with Crippen LogP contribution in [-0.4, -0.2) is 20.7 Å². The highest BCUT2D eigenvalue weighted by atomic mass is 32.1. The Hall–Kier alpha value is -3.06. The predicted molar refractivity (Wildman–Crippen MR) is 104 cm³/mol. The summed E-state index contributed by atoms with van der Waals surface area (Å²) in [6.45, 7) is 3.94. The van der Waals surface area contributed by atoms with Gasteiger partial charge in [0.15, 0.2) is 5.82 Å². The normalized spacial score (nSPS) is 12.2. The summed E-state index contributed by atoms with van der Waals surface area (Å²) in [6.07, 6.45) is 1.81. The van der Waals surface area contributed by atoms with Gasteiger partial charge in [-0.1, -0.05) is 23.5 Å². The lowest BCUT2D eigenvalue weighted by Crippen LogP contribution is -2.23. The highest BCUT2D eigenvalue weighted by molar-refractivity contribution is 7.15. The van der Waals surface area contributed by atoms with Crippen LogP contribution in [0.4, 0.5) is 4.39 Å². The molecule has 0 saturated carbocycles. The standard InChI is InChI=1S/C20H16FN3O2S/c1-12(2)26-16-9-5-14(6-10-16)18-22-20-24(23-18)19(25)17(27-20)11-13-3-7-15(21)8-4-13/h3-12H,1-2H3/b17-11+. The second kappa shape index (κ2) is 6.92. The van der Waals surface area contributed by atoms with Gasteiger partial charge in [0.2, 0.25) is 4.96 Å². The van der Waals surface area contributed by atoms with Crippen molar-refractivity contribution in [2.24, 2.45) is 0 Å². The SMILES string of the molecule is CC(C)Oc1ccc(-c2nc3s/c(=C/c4ccc(F)cc4)c(=O)n3n2)cc1. The third-order valence-corrected chi connectivity index (χ3v) is 4.79. The minimum atomic E-state index is -0.313. The van der Waals surface area contributed by atoms with Crippen LogP contribution in [-0.2, 0) is 0 Å². The summed E-state index contributed by atoms with van der Waals surface area (Å²) in [4.78, 5) is 17.5. The van der Waals surface area contributed by atoms with Crippen LogP contribution in [0.15, 0.2) is 53.3 Å². The van der Waals surface area contributed by atoms with Gasteiger partial charge < -0.3 is 4.74 Å². The molecule has 0 saturated heterocycles. The number of benzene rings is 2. The molecule has 2 aromatic heterocycles. The lowest BCUT2D eigenvalue weighted by Gasteiger charge is -2.09. The van der Waals surface area contributed by atoms with Gasteiger partial charge in [-0.2, -0.15) is 9.50 Å². The molecule has 0 aliphatic heterocycles. The van der Waals surface area contributed by atoms with Crippen LogP contribution in [0.3, 0.4) is 0 Å². The van der Waals surface area contributed by atoms with Crippen molar-refractivity contribution >= 4 is 22.4 Å². The van der Waals surface area contributed by atoms with Gasteiger partial charge in [0.1, 0.15) is 11.6 Å². The minimum absolute atomic E-state index is 0.103. The van der Waals surface area contributed by atoms with Gasteiger partial charge in [0.25, 0.3) is 5.56 Å². The second-order valence-electron chi connectivity index (χ2n) is 6.29. The third kappa shape index (κ3) is 3.59. The average Bonchev–Trinajstić information content (AvgIpc) is 3.17. The van der Waals surface area contributed by atoms with Crippen molar-refractivity contribution in [2.75, 3.05) is 0 Å². The topological polar surface area (TPSA) is 56.5 Å². The molecule has 0 spiro atoms. The van der Waals surface area contributed by atoms with E-state index in [0.29, 0.717) is 15.3 Å². The Morgan fingerprint density at radius 3 is 2.44 bits per heavy atom. The molecule has 2 heterocycles. The fraction of sp³-hybridized carbons (Fsp3) is 0.150. The lowest BCUT2D eigenvalue weighted by molar-refractivity contribution is 0.242. The monoisotopic (exact) mass is 381 g/mol. The van der Waals surface area contributed by atoms with Crippen LogP contribution in [0.25, 0.3) is 22.4 Å². The van der Waals surface area contributed by atoms with Crippen molar-refractivity contribution in [3.63, 3.8) is 0 Å². The molecule has 0 atom stereocenters. The van der Waals surface area contributed by atoms with E-state index in [1.807, 2.05) is 38.1 Å². The Labute approximate surface area is 158 Å². The summed E-state index contributed by atoms with van der Waals surface area (Å²) < 4.78 is 20.4. The summed E-state index contributed by atoms with van der Waals surface area (Å²) >= 11 is 1.25. The van der Waals surface area contributed by atoms with E-state index >= 15 is 0 Å². The van der Waals surface area contributed by atoms with Gasteiger partial charge >= 0.3 is 0 Å². The van der Waals surface area contributed by atoms with Crippen LogP contribution in [0.5, 0.6) is 5.75 Å². The summed E-state index contributed by atoms with van der Waals surface area (Å²) in [6, 6.07) is 13.4. The molecule has 0 aliphatic carbocycles. The number of fused-ring (bicyclic) bond motifs is 1. The molecular formula is C20H16FN3O2S. The Kier molecular flexibility index (Phi) is 4.45. The molecule has 0 fully saturated rings. The highest BCUT2D eigenvalue weighted by Gasteiger charge is 2.12. The molecule has 7 heteroatoms. The first-order valence-electron chi connectivity index (χ1n) is 8.43. The van der Waals surface area contributed by atoms with E-state index in [4.69, 9.17) is 4.74 Å². The summed E-state index contributed by atoms with van der Waals surface area (Å²) in [7, 11) is 0. The molecule has 0 radical (unpaired) electrons. The Bertz CT molecular complexity index is 1200. The predicted octanol–water partition coefficient (Wildman–Crippen LogP) is 3.29. The Balaban J connectivity index is 1.68. The number of aromatic nitrogens is 3. The van der Waals surface area contributed by atoms with E-state index in [0.717, 1.165) is 16.9 Å². The first-order valence-corrected chi connectivity index (χ1v) is 9.25. The zero-order valence-electron chi connectivity index (χ0n) is 14.7. The van der Waals surface area contributed by atoms with Crippen LogP contribution < -0.4 is 14.8 Å². The van der Waals surface area contributed by atoms with Crippen molar-refractivity contribution < 1.29 is 9.13 Å². The molecule has 0 unspecified atom stereocenters. The molecular weight excluding hydrogens is 365 g/mol. The highest BCUT2D eigenvalue weighted by Crippen LogP contribution is 2.21. The van der Waals surface area contributed by atoms with E-state index in [9.17, 15) is 9.18 Å². The Morgan fingerprint density at radius 2 is 1.81 bits per heavy atom. The minimum Gasteiger partial charge on any atom is -0.491 e. The molecule has 4 aromatic rings. The lowest BCUT2D eigenvalue weighted by atomic mass is 10.2. The van der Waals surface area contributed by atoms with Crippen molar-refractivity contribution in [1.29, 1.82) is 0 Å². The van der Waals surface area contributed by atoms with Gasteiger partial charge in [-0.3, -0.25) is 4.79 Å². The maximum Gasteiger partial charge on any atom is 0.291 e. The van der Waals surface area contributed by atoms with Crippen LogP contribution in [0, 0.1) is 5.82 Å². The van der Waals surface area contributed by atoms with Crippen molar-refractivity contribution in [3.05, 3.63) is 74.8 Å². The average molecular weight is 381 g/mol. The largest absolute Gasteiger partial charge is 0.491 e. The fourth-order valence-corrected chi connectivity index (χ4v) is 3.53. The van der Waals surface area contributed by atoms with Crippen molar-refractivity contribution in [1.82, 2.24) is 14.6 Å². The first kappa shape index (κ1) is 17.4. The maximum atomic E-state index is 13.0. The molecule has 0 aliphatic rings. The maximum absolute atomic E-state index is 13.0. The quantitative estimate of drug-likeness (QED) is 0.544. The van der Waals surface area contributed by atoms with Crippen LogP contribution in [0.2, 0.25) is 0 Å². The molecule has 136 valence electrons. The number of halogens is 1. The Morgan fingerprint density at radius 1 is 1.11 bits per heavy atom. The van der Waals surface area contributed by atoms with Crippen molar-refractivity contribution in [3.8, 4) is 17.1 Å². The van der Waals surface area contributed by atoms with Gasteiger partial charge in [0, 0.05) is 5.56 Å². The number of hydrogen-bond acceptors (Lipinski definition) is 5. The number of ether oxygens (including phenoxy) is 1. The van der Waals surface area contributed by atoms with Gasteiger partial charge in [-0.05, 0) is 61.9 Å². The number of thiazole rings is 1. The van der Waals surface area contributed by atoms with E-state index in [1.54, 1.807) is 18.2 Å². The zero-order valence-corrected chi connectivity index (χ0v) is 15.5. The zero-order chi connectivity index (χ0) is 19.0. The van der Waals surface area contributed by atoms with Crippen LogP contribution >= 0.6 is 11.3 Å². The molecule has 4 rings (SSSR count). The van der Waals surface area contributed by atoms with Gasteiger partial charge in [-0.15, -0.1) is 5.10 Å². The van der Waals surface area contributed by atoms with E-state index in [2.05, 4.69) is 10.1 Å². The van der Waals surface area contributed by atoms with Crippen LogP contribution in [0.1, 0.15) is 19.4 Å². The summed E-state index contributed by atoms with van der Waals surface area (Å²) in [5.41, 5.74) is 1.32. The molecule has 0 amide bonds. The molecule has 0 bridgehead atoms. The molecule has 0 N–H and O–H groups in total. The van der Waals surface area contributed by atoms with E-state index < -0.39 is 0 Å². The first-order chi connectivity index (χ1) is 13.0. The van der Waals surface area contributed by atoms with E-state index in [1.165, 1.54) is 28.0 Å². The fourth-order valence-electron chi connectivity index (χ4n) is 2.62. The second-order valence-corrected chi connectivity index (χ2v) is 7.30. The number of rotatable bonds is 4.